The third kappa shape index (κ3) is 2.65. The number of carboxylic acid groups (broad SMARTS) is 1. The van der Waals surface area contributed by atoms with Crippen molar-refractivity contribution in [2.45, 2.75) is 12.8 Å². The molecule has 2 rings (SSSR count). The Morgan fingerprint density at radius 2 is 2.16 bits per heavy atom. The highest BCUT2D eigenvalue weighted by Crippen LogP contribution is 2.24. The van der Waals surface area contributed by atoms with Gasteiger partial charge in [-0.2, -0.15) is 0 Å². The topological polar surface area (TPSA) is 107 Å². The number of nitrogens with zero attached hydrogens (tertiary/aromatic N) is 2. The quantitative estimate of drug-likeness (QED) is 0.769. The Kier molecular flexibility index (Phi) is 3.37. The smallest absolute Gasteiger partial charge is 0.303 e. The Morgan fingerprint density at radius 3 is 2.79 bits per heavy atom. The summed E-state index contributed by atoms with van der Waals surface area (Å²) in [4.78, 5) is 10.6. The molecule has 0 amide bonds. The summed E-state index contributed by atoms with van der Waals surface area (Å²) in [5.74, 6) is -0.984. The number of hydrogen-bond donors (Lipinski definition) is 3. The van der Waals surface area contributed by atoms with Crippen LogP contribution in [0.2, 0.25) is 0 Å². The summed E-state index contributed by atoms with van der Waals surface area (Å²) >= 11 is 0. The van der Waals surface area contributed by atoms with Crippen molar-refractivity contribution in [3.63, 3.8) is 0 Å². The van der Waals surface area contributed by atoms with Gasteiger partial charge in [0.05, 0.1) is 5.69 Å². The highest BCUT2D eigenvalue weighted by atomic mass is 19.1. The van der Waals surface area contributed by atoms with E-state index < -0.39 is 11.8 Å². The Balaban J connectivity index is 2.38. The number of anilines is 2. The van der Waals surface area contributed by atoms with Crippen molar-refractivity contribution in [2.75, 3.05) is 11.5 Å². The summed E-state index contributed by atoms with van der Waals surface area (Å²) in [5, 5.41) is 12.7. The third-order valence-corrected chi connectivity index (χ3v) is 2.70. The molecule has 1 aromatic heterocycles. The predicted molar refractivity (Wildman–Crippen MR) is 68.3 cm³/mol. The number of hydrogen-bond acceptors (Lipinski definition) is 4. The summed E-state index contributed by atoms with van der Waals surface area (Å²) in [7, 11) is 0. The Labute approximate surface area is 108 Å². The van der Waals surface area contributed by atoms with Crippen LogP contribution < -0.4 is 11.5 Å². The van der Waals surface area contributed by atoms with E-state index in [1.54, 1.807) is 6.07 Å². The Hall–Kier alpha value is -2.57. The summed E-state index contributed by atoms with van der Waals surface area (Å²) in [6.45, 7) is 0. The zero-order chi connectivity index (χ0) is 14.0. The van der Waals surface area contributed by atoms with E-state index in [2.05, 4.69) is 5.10 Å². The van der Waals surface area contributed by atoms with E-state index in [0.717, 1.165) is 0 Å². The van der Waals surface area contributed by atoms with Gasteiger partial charge in [-0.15, -0.1) is 5.10 Å². The lowest BCUT2D eigenvalue weighted by molar-refractivity contribution is -0.136. The second-order valence-electron chi connectivity index (χ2n) is 4.03. The SMILES string of the molecule is Nc1nn(-c2cccc(F)c2)c(N)c1CCC(=O)O. The molecule has 1 heterocycles. The number of carbonyl (C=O) groups is 1. The molecule has 0 aliphatic rings. The van der Waals surface area contributed by atoms with Crippen molar-refractivity contribution >= 4 is 17.6 Å². The Morgan fingerprint density at radius 1 is 1.42 bits per heavy atom. The van der Waals surface area contributed by atoms with Crippen LogP contribution in [0, 0.1) is 5.82 Å². The Bertz CT molecular complexity index is 624. The average molecular weight is 264 g/mol. The maximum Gasteiger partial charge on any atom is 0.303 e. The summed E-state index contributed by atoms with van der Waals surface area (Å²) in [6, 6.07) is 5.73. The lowest BCUT2D eigenvalue weighted by Gasteiger charge is -2.04. The van der Waals surface area contributed by atoms with Crippen molar-refractivity contribution in [3.8, 4) is 5.69 Å². The van der Waals surface area contributed by atoms with Crippen LogP contribution in [0.4, 0.5) is 16.0 Å². The van der Waals surface area contributed by atoms with Gasteiger partial charge in [0.25, 0.3) is 0 Å². The first-order chi connectivity index (χ1) is 8.99. The molecule has 19 heavy (non-hydrogen) atoms. The normalized spacial score (nSPS) is 10.6. The maximum absolute atomic E-state index is 13.2. The molecule has 0 unspecified atom stereocenters. The lowest BCUT2D eigenvalue weighted by Crippen LogP contribution is -2.04. The number of aliphatic carboxylic acids is 1. The standard InChI is InChI=1S/C12H13FN4O2/c13-7-2-1-3-8(6-7)17-12(15)9(11(14)16-17)4-5-10(18)19/h1-3,6H,4-5,15H2,(H2,14,16)(H,18,19). The van der Waals surface area contributed by atoms with Gasteiger partial charge in [0.15, 0.2) is 5.82 Å². The van der Waals surface area contributed by atoms with Crippen molar-refractivity contribution in [3.05, 3.63) is 35.6 Å². The van der Waals surface area contributed by atoms with E-state index >= 15 is 0 Å². The van der Waals surface area contributed by atoms with Crippen molar-refractivity contribution in [1.82, 2.24) is 9.78 Å². The van der Waals surface area contributed by atoms with Crippen molar-refractivity contribution in [2.24, 2.45) is 0 Å². The number of nitrogens with two attached hydrogens (primary N) is 2. The molecule has 0 bridgehead atoms. The predicted octanol–water partition coefficient (Wildman–Crippen LogP) is 1.19. The number of rotatable bonds is 4. The highest BCUT2D eigenvalue weighted by Gasteiger charge is 2.15. The maximum atomic E-state index is 13.2. The van der Waals surface area contributed by atoms with Crippen molar-refractivity contribution < 1.29 is 14.3 Å². The van der Waals surface area contributed by atoms with Gasteiger partial charge in [0.2, 0.25) is 0 Å². The van der Waals surface area contributed by atoms with Crippen LogP contribution in [-0.2, 0) is 11.2 Å². The first kappa shape index (κ1) is 12.9. The van der Waals surface area contributed by atoms with Gasteiger partial charge in [-0.1, -0.05) is 6.07 Å². The molecule has 100 valence electrons. The van der Waals surface area contributed by atoms with Gasteiger partial charge in [-0.3, -0.25) is 4.79 Å². The first-order valence-electron chi connectivity index (χ1n) is 5.59. The molecule has 0 aliphatic heterocycles. The zero-order valence-corrected chi connectivity index (χ0v) is 10.0. The lowest BCUT2D eigenvalue weighted by atomic mass is 10.1. The van der Waals surface area contributed by atoms with Gasteiger partial charge in [0, 0.05) is 12.0 Å². The van der Waals surface area contributed by atoms with E-state index in [4.69, 9.17) is 16.6 Å². The fourth-order valence-electron chi connectivity index (χ4n) is 1.77. The molecule has 6 nitrogen and oxygen atoms in total. The molecule has 5 N–H and O–H groups in total. The second kappa shape index (κ2) is 4.97. The minimum atomic E-state index is -0.947. The molecule has 2 aromatic rings. The minimum Gasteiger partial charge on any atom is -0.481 e. The number of halogens is 1. The molecule has 7 heteroatoms. The van der Waals surface area contributed by atoms with Crippen LogP contribution in [0.15, 0.2) is 24.3 Å². The van der Waals surface area contributed by atoms with Crippen LogP contribution >= 0.6 is 0 Å². The van der Waals surface area contributed by atoms with E-state index in [9.17, 15) is 9.18 Å². The molecule has 1 aromatic carbocycles. The third-order valence-electron chi connectivity index (χ3n) is 2.70. The van der Waals surface area contributed by atoms with E-state index in [-0.39, 0.29) is 24.5 Å². The number of nitrogen functional groups attached to an aromatic ring is 2. The number of aromatic nitrogens is 2. The van der Waals surface area contributed by atoms with E-state index in [1.807, 2.05) is 0 Å². The highest BCUT2D eigenvalue weighted by molar-refractivity contribution is 5.68. The van der Waals surface area contributed by atoms with Gasteiger partial charge in [-0.25, -0.2) is 9.07 Å². The summed E-state index contributed by atoms with van der Waals surface area (Å²) < 4.78 is 14.5. The summed E-state index contributed by atoms with van der Waals surface area (Å²) in [5.41, 5.74) is 12.5. The second-order valence-corrected chi connectivity index (χ2v) is 4.03. The van der Waals surface area contributed by atoms with Crippen molar-refractivity contribution in [1.29, 1.82) is 0 Å². The fourth-order valence-corrected chi connectivity index (χ4v) is 1.77. The minimum absolute atomic E-state index is 0.0940. The molecule has 0 saturated carbocycles. The van der Waals surface area contributed by atoms with Gasteiger partial charge in [0.1, 0.15) is 11.6 Å². The molecular formula is C12H13FN4O2. The molecule has 0 spiro atoms. The molecular weight excluding hydrogens is 251 g/mol. The van der Waals surface area contributed by atoms with Crippen LogP contribution in [0.5, 0.6) is 0 Å². The van der Waals surface area contributed by atoms with Gasteiger partial charge >= 0.3 is 5.97 Å². The molecule has 0 radical (unpaired) electrons. The number of carboxylic acids is 1. The molecule has 0 atom stereocenters. The van der Waals surface area contributed by atoms with E-state index in [1.165, 1.54) is 22.9 Å². The largest absolute Gasteiger partial charge is 0.481 e. The molecule has 0 fully saturated rings. The fraction of sp³-hybridized carbons (Fsp3) is 0.167. The van der Waals surface area contributed by atoms with Gasteiger partial charge < -0.3 is 16.6 Å². The van der Waals surface area contributed by atoms with E-state index in [0.29, 0.717) is 11.3 Å². The monoisotopic (exact) mass is 264 g/mol. The molecule has 0 aliphatic carbocycles. The number of benzene rings is 1. The van der Waals surface area contributed by atoms with Crippen LogP contribution in [0.3, 0.4) is 0 Å². The average Bonchev–Trinajstić information content (AvgIpc) is 2.62. The van der Waals surface area contributed by atoms with Crippen LogP contribution in [0.25, 0.3) is 5.69 Å². The van der Waals surface area contributed by atoms with Gasteiger partial charge in [-0.05, 0) is 24.6 Å². The molecule has 0 saturated heterocycles. The summed E-state index contributed by atoms with van der Waals surface area (Å²) in [6.07, 6.45) is 0.0888. The van der Waals surface area contributed by atoms with Crippen LogP contribution in [-0.4, -0.2) is 20.9 Å². The zero-order valence-electron chi connectivity index (χ0n) is 10.0. The van der Waals surface area contributed by atoms with Crippen LogP contribution in [0.1, 0.15) is 12.0 Å². The first-order valence-corrected chi connectivity index (χ1v) is 5.59.